The molecule has 0 bridgehead atoms. The van der Waals surface area contributed by atoms with Crippen molar-refractivity contribution in [2.45, 2.75) is 12.8 Å². The van der Waals surface area contributed by atoms with Gasteiger partial charge < -0.3 is 15.3 Å². The Bertz CT molecular complexity index is 664. The summed E-state index contributed by atoms with van der Waals surface area (Å²) in [4.78, 5) is 20.4. The van der Waals surface area contributed by atoms with E-state index in [1.807, 2.05) is 6.08 Å². The highest BCUT2D eigenvalue weighted by molar-refractivity contribution is 5.87. The third-order valence-electron chi connectivity index (χ3n) is 2.84. The molecule has 0 unspecified atom stereocenters. The maximum atomic E-state index is 10.2. The van der Waals surface area contributed by atoms with E-state index in [1.165, 1.54) is 0 Å². The van der Waals surface area contributed by atoms with E-state index in [9.17, 15) is 9.59 Å². The summed E-state index contributed by atoms with van der Waals surface area (Å²) in [5, 5.41) is 25.3. The van der Waals surface area contributed by atoms with Crippen molar-refractivity contribution in [2.24, 2.45) is 0 Å². The van der Waals surface area contributed by atoms with Gasteiger partial charge in [0.05, 0.1) is 11.1 Å². The predicted octanol–water partition coefficient (Wildman–Crippen LogP) is 4.15. The van der Waals surface area contributed by atoms with Crippen LogP contribution in [0.15, 0.2) is 78.2 Å². The molecule has 0 heterocycles. The van der Waals surface area contributed by atoms with Gasteiger partial charge in [0.2, 0.25) is 0 Å². The highest BCUT2D eigenvalue weighted by Gasteiger charge is 1.97. The molecule has 1 aliphatic carbocycles. The molecule has 0 aromatic heterocycles. The van der Waals surface area contributed by atoms with Crippen LogP contribution >= 0.6 is 0 Å². The van der Waals surface area contributed by atoms with Crippen molar-refractivity contribution >= 4 is 11.9 Å². The highest BCUT2D eigenvalue weighted by Crippen LogP contribution is 2.05. The first kappa shape index (κ1) is 18.7. The summed E-state index contributed by atoms with van der Waals surface area (Å²) in [5.41, 5.74) is 3.33. The Morgan fingerprint density at radius 3 is 1.38 bits per heavy atom. The van der Waals surface area contributed by atoms with E-state index in [-0.39, 0.29) is 0 Å². The molecule has 24 heavy (non-hydrogen) atoms. The van der Waals surface area contributed by atoms with Gasteiger partial charge in [-0.2, -0.15) is 0 Å². The van der Waals surface area contributed by atoms with Crippen molar-refractivity contribution in [1.29, 1.82) is 0 Å². The Balaban J connectivity index is 0.000000184. The number of aliphatic hydroxyl groups is 1. The molecule has 3 rings (SSSR count). The van der Waals surface area contributed by atoms with E-state index in [1.54, 1.807) is 60.7 Å². The molecule has 0 saturated heterocycles. The minimum atomic E-state index is -0.879. The number of allylic oxidation sites excluding steroid dienone is 1. The Morgan fingerprint density at radius 2 is 1.21 bits per heavy atom. The molecule has 0 amide bonds. The fourth-order valence-corrected chi connectivity index (χ4v) is 1.63. The normalized spacial score (nSPS) is 11.2. The van der Waals surface area contributed by atoms with Crippen molar-refractivity contribution in [3.63, 3.8) is 0 Å². The molecular weight excluding hydrogens is 308 g/mol. The van der Waals surface area contributed by atoms with Gasteiger partial charge in [-0.05, 0) is 36.8 Å². The van der Waals surface area contributed by atoms with Crippen LogP contribution in [0.4, 0.5) is 0 Å². The molecule has 124 valence electrons. The number of carboxylic acid groups (broad SMARTS) is 2. The van der Waals surface area contributed by atoms with Crippen LogP contribution in [-0.4, -0.2) is 27.3 Å². The quantitative estimate of drug-likeness (QED) is 0.721. The molecule has 1 aliphatic rings. The second kappa shape index (κ2) is 10.4. The first-order valence-corrected chi connectivity index (χ1v) is 7.20. The summed E-state index contributed by atoms with van der Waals surface area (Å²) >= 11 is 0. The molecule has 5 nitrogen and oxygen atoms in total. The van der Waals surface area contributed by atoms with Crippen LogP contribution in [-0.2, 0) is 0 Å². The number of aliphatic hydroxyl groups excluding tert-OH is 1. The smallest absolute Gasteiger partial charge is 0.335 e. The predicted molar refractivity (Wildman–Crippen MR) is 90.3 cm³/mol. The van der Waals surface area contributed by atoms with E-state index in [0.29, 0.717) is 16.9 Å². The molecule has 0 spiro atoms. The number of carboxylic acids is 2. The van der Waals surface area contributed by atoms with Gasteiger partial charge in [-0.15, -0.1) is 0 Å². The molecule has 0 aliphatic heterocycles. The van der Waals surface area contributed by atoms with Crippen molar-refractivity contribution in [3.05, 3.63) is 89.4 Å². The van der Waals surface area contributed by atoms with Gasteiger partial charge >= 0.3 is 11.9 Å². The lowest BCUT2D eigenvalue weighted by molar-refractivity contribution is 0.0686. The van der Waals surface area contributed by atoms with Crippen LogP contribution in [0.5, 0.6) is 0 Å². The molecule has 0 radical (unpaired) electrons. The number of benzene rings is 2. The lowest BCUT2D eigenvalue weighted by atomic mass is 10.2. The SMILES string of the molecule is O=C(O)c1ccccc1.O=C(O)c1ccccc1.OC1=C=CCC1. The van der Waals surface area contributed by atoms with Crippen LogP contribution < -0.4 is 0 Å². The Kier molecular flexibility index (Phi) is 8.15. The highest BCUT2D eigenvalue weighted by atomic mass is 16.4. The first-order valence-electron chi connectivity index (χ1n) is 7.20. The Hall–Kier alpha value is -3.30. The Morgan fingerprint density at radius 1 is 0.792 bits per heavy atom. The number of hydrogen-bond acceptors (Lipinski definition) is 3. The van der Waals surface area contributed by atoms with Gasteiger partial charge in [-0.25, -0.2) is 9.59 Å². The van der Waals surface area contributed by atoms with Gasteiger partial charge in [-0.3, -0.25) is 0 Å². The molecule has 2 aromatic rings. The number of hydrogen-bond donors (Lipinski definition) is 3. The minimum absolute atomic E-state index is 0.331. The van der Waals surface area contributed by atoms with Crippen molar-refractivity contribution in [2.75, 3.05) is 0 Å². The lowest BCUT2D eigenvalue weighted by Gasteiger charge is -1.88. The third-order valence-corrected chi connectivity index (χ3v) is 2.84. The van der Waals surface area contributed by atoms with Crippen molar-refractivity contribution in [1.82, 2.24) is 0 Å². The van der Waals surface area contributed by atoms with Gasteiger partial charge in [0.15, 0.2) is 0 Å². The zero-order valence-corrected chi connectivity index (χ0v) is 12.9. The molecule has 0 fully saturated rings. The van der Waals surface area contributed by atoms with Crippen molar-refractivity contribution < 1.29 is 24.9 Å². The molecule has 5 heteroatoms. The first-order chi connectivity index (χ1) is 11.5. The molecule has 2 aromatic carbocycles. The van der Waals surface area contributed by atoms with E-state index in [0.717, 1.165) is 12.8 Å². The van der Waals surface area contributed by atoms with E-state index >= 15 is 0 Å². The molecule has 0 saturated carbocycles. The second-order valence-electron chi connectivity index (χ2n) is 4.68. The van der Waals surface area contributed by atoms with Gasteiger partial charge in [0.1, 0.15) is 5.76 Å². The average Bonchev–Trinajstić information content (AvgIpc) is 3.08. The largest absolute Gasteiger partial charge is 0.505 e. The maximum Gasteiger partial charge on any atom is 0.335 e. The molecular formula is C19H18O5. The maximum absolute atomic E-state index is 10.2. The average molecular weight is 326 g/mol. The zero-order valence-electron chi connectivity index (χ0n) is 12.9. The number of rotatable bonds is 2. The number of carbonyl (C=O) groups is 2. The van der Waals surface area contributed by atoms with Crippen LogP contribution in [0.3, 0.4) is 0 Å². The van der Waals surface area contributed by atoms with Crippen LogP contribution in [0.25, 0.3) is 0 Å². The summed E-state index contributed by atoms with van der Waals surface area (Å²) in [6.07, 6.45) is 3.60. The number of aromatic carboxylic acids is 2. The summed E-state index contributed by atoms with van der Waals surface area (Å²) in [6.45, 7) is 0. The summed E-state index contributed by atoms with van der Waals surface area (Å²) in [7, 11) is 0. The van der Waals surface area contributed by atoms with E-state index in [2.05, 4.69) is 5.73 Å². The fraction of sp³-hybridized carbons (Fsp3) is 0.105. The minimum Gasteiger partial charge on any atom is -0.505 e. The standard InChI is InChI=1S/2C7H6O2.C5H6O/c2*8-7(9)6-4-2-1-3-5-6;6-5-3-1-2-4-5/h2*1-5H,(H,8,9);1,6H,2,4H2. The second-order valence-corrected chi connectivity index (χ2v) is 4.68. The zero-order chi connectivity index (χ0) is 17.8. The summed E-state index contributed by atoms with van der Waals surface area (Å²) in [5.74, 6) is -1.36. The van der Waals surface area contributed by atoms with E-state index < -0.39 is 11.9 Å². The summed E-state index contributed by atoms with van der Waals surface area (Å²) in [6, 6.07) is 16.6. The Labute approximate surface area is 139 Å². The summed E-state index contributed by atoms with van der Waals surface area (Å²) < 4.78 is 0. The van der Waals surface area contributed by atoms with Gasteiger partial charge in [-0.1, -0.05) is 42.1 Å². The molecule has 3 N–H and O–H groups in total. The lowest BCUT2D eigenvalue weighted by Crippen LogP contribution is -1.93. The van der Waals surface area contributed by atoms with Crippen molar-refractivity contribution in [3.8, 4) is 0 Å². The van der Waals surface area contributed by atoms with Gasteiger partial charge in [0, 0.05) is 6.42 Å². The fourth-order valence-electron chi connectivity index (χ4n) is 1.63. The van der Waals surface area contributed by atoms with E-state index in [4.69, 9.17) is 15.3 Å². The monoisotopic (exact) mass is 326 g/mol. The van der Waals surface area contributed by atoms with Crippen LogP contribution in [0.1, 0.15) is 33.6 Å². The molecule has 0 atom stereocenters. The van der Waals surface area contributed by atoms with Crippen LogP contribution in [0.2, 0.25) is 0 Å². The third kappa shape index (κ3) is 7.64. The topological polar surface area (TPSA) is 94.8 Å². The van der Waals surface area contributed by atoms with Crippen LogP contribution in [0, 0.1) is 0 Å². The van der Waals surface area contributed by atoms with Gasteiger partial charge in [0.25, 0.3) is 0 Å².